The number of ether oxygens (including phenoxy) is 10. The maximum Gasteiger partial charge on any atom is 0.416 e. The average molecular weight is 1470 g/mol. The van der Waals surface area contributed by atoms with E-state index in [9.17, 15) is 43.2 Å². The number of carbonyl (C=O) groups excluding carboxylic acids is 9. The molecule has 6 atom stereocenters. The number of amides is 9. The molecule has 32 nitrogen and oxygen atoms in total. The Bertz CT molecular complexity index is 3980. The van der Waals surface area contributed by atoms with E-state index in [1.165, 1.54) is 59.9 Å². The summed E-state index contributed by atoms with van der Waals surface area (Å²) < 4.78 is 64.3. The van der Waals surface area contributed by atoms with Gasteiger partial charge in [-0.3, -0.25) is 33.6 Å². The van der Waals surface area contributed by atoms with Gasteiger partial charge in [-0.05, 0) is 115 Å². The second kappa shape index (κ2) is 37.0. The molecule has 4 fully saturated rings. The first-order valence-electron chi connectivity index (χ1n) is 35.9. The molecule has 2 aromatic carbocycles. The Hall–Kier alpha value is -10.4. The number of aryl methyl sites for hydroxylation is 4. The Morgan fingerprint density at radius 1 is 0.575 bits per heavy atom. The van der Waals surface area contributed by atoms with E-state index < -0.39 is 55.1 Å². The van der Waals surface area contributed by atoms with E-state index in [1.54, 1.807) is 58.9 Å². The van der Waals surface area contributed by atoms with Crippen LogP contribution in [0.25, 0.3) is 0 Å². The molecule has 9 heterocycles. The second-order valence-corrected chi connectivity index (χ2v) is 26.4. The standard InChI is InChI=1S/C42H55N9O11.C32H42N4O8/c1-6-18-61-42(57)51-30-23-33(32(58-5)22-28(30)40(56)50-17-9-12-29(50)41(51)62-36-14-7-8-19-60-36)59-20-10-13-35(53)45-27-21-31(48(3)24-27)38(54)47-34-25-49(4)37(46-34)39(55)44-16-11-15-43-26(2)52;1-5-14-43-32(39)36-25-19-27(41-16-9-11-28(37)33-22-17-21(2)34(3)20-22)26(40-4)18-23(25)30(38)35-13-8-10-24(35)31(36)44-29-12-6-7-15-42-29/h6,21-25,29,36,41H,1,7-20H2,2-5H3,(H,43,52)(H,44,55)(H,45,53)(H,47,54);5,17-20,24,29,31H,1,6-16H2,2-4H3,(H,33,37)/t29-,36?,41-;24-,29?,31-/m00/s1. The van der Waals surface area contributed by atoms with Gasteiger partial charge in [0, 0.05) is 117 Å². The number of hydrogen-bond donors (Lipinski definition) is 5. The minimum absolute atomic E-state index is 0.0102. The summed E-state index contributed by atoms with van der Waals surface area (Å²) in [6.45, 7) is 13.8. The molecule has 5 aromatic rings. The summed E-state index contributed by atoms with van der Waals surface area (Å²) >= 11 is 0. The highest BCUT2D eigenvalue weighted by molar-refractivity contribution is 6.08. The van der Waals surface area contributed by atoms with Gasteiger partial charge in [-0.2, -0.15) is 0 Å². The van der Waals surface area contributed by atoms with E-state index in [2.05, 4.69) is 44.7 Å². The number of carbonyl (C=O) groups is 9. The summed E-state index contributed by atoms with van der Waals surface area (Å²) in [6, 6.07) is 8.92. The highest BCUT2D eigenvalue weighted by Crippen LogP contribution is 2.45. The maximum atomic E-state index is 14.1. The Balaban J connectivity index is 0.000000240. The Labute approximate surface area is 615 Å². The molecule has 0 saturated carbocycles. The molecule has 106 heavy (non-hydrogen) atoms. The van der Waals surface area contributed by atoms with Crippen molar-refractivity contribution in [3.8, 4) is 23.0 Å². The van der Waals surface area contributed by atoms with E-state index in [1.807, 2.05) is 30.8 Å². The number of anilines is 5. The van der Waals surface area contributed by atoms with Crippen molar-refractivity contribution in [2.75, 3.05) is 106 Å². The lowest BCUT2D eigenvalue weighted by molar-refractivity contribution is -0.195. The van der Waals surface area contributed by atoms with Gasteiger partial charge in [0.15, 0.2) is 53.9 Å². The van der Waals surface area contributed by atoms with Crippen molar-refractivity contribution in [2.24, 2.45) is 21.1 Å². The number of rotatable bonds is 29. The normalized spacial score (nSPS) is 19.5. The highest BCUT2D eigenvalue weighted by Gasteiger charge is 2.50. The van der Waals surface area contributed by atoms with Crippen molar-refractivity contribution in [3.63, 3.8) is 0 Å². The maximum absolute atomic E-state index is 14.1. The Kier molecular flexibility index (Phi) is 27.3. The van der Waals surface area contributed by atoms with Crippen LogP contribution in [0.15, 0.2) is 80.3 Å². The molecule has 2 unspecified atom stereocenters. The zero-order chi connectivity index (χ0) is 75.6. The summed E-state index contributed by atoms with van der Waals surface area (Å²) in [5, 5.41) is 13.8. The van der Waals surface area contributed by atoms with Crippen LogP contribution in [-0.2, 0) is 63.9 Å². The van der Waals surface area contributed by atoms with Crippen LogP contribution >= 0.6 is 0 Å². The lowest BCUT2D eigenvalue weighted by Crippen LogP contribution is -2.54. The number of aromatic nitrogens is 4. The van der Waals surface area contributed by atoms with Gasteiger partial charge in [0.25, 0.3) is 23.6 Å². The van der Waals surface area contributed by atoms with E-state index in [-0.39, 0.29) is 127 Å². The average Bonchev–Trinajstić information content (AvgIpc) is 1.58. The predicted octanol–water partition coefficient (Wildman–Crippen LogP) is 8.45. The number of nitrogens with one attached hydrogen (secondary N) is 5. The zero-order valence-corrected chi connectivity index (χ0v) is 61.2. The topological polar surface area (TPSA) is 347 Å². The molecule has 0 aliphatic carbocycles. The number of imidazole rings is 1. The van der Waals surface area contributed by atoms with Crippen molar-refractivity contribution in [1.29, 1.82) is 0 Å². The van der Waals surface area contributed by atoms with Gasteiger partial charge in [-0.15, -0.1) is 0 Å². The van der Waals surface area contributed by atoms with Crippen LogP contribution in [0.1, 0.15) is 151 Å². The van der Waals surface area contributed by atoms with Gasteiger partial charge in [0.2, 0.25) is 23.5 Å². The quantitative estimate of drug-likeness (QED) is 0.0221. The molecular formula is C74H97N13O19. The molecule has 4 saturated heterocycles. The molecule has 3 aromatic heterocycles. The van der Waals surface area contributed by atoms with Crippen molar-refractivity contribution < 1.29 is 90.5 Å². The van der Waals surface area contributed by atoms with Gasteiger partial charge in [-0.25, -0.2) is 24.4 Å². The highest BCUT2D eigenvalue weighted by atomic mass is 16.7. The summed E-state index contributed by atoms with van der Waals surface area (Å²) in [5.74, 6) is -0.617. The number of fused-ring (bicyclic) bond motifs is 4. The van der Waals surface area contributed by atoms with E-state index >= 15 is 0 Å². The Morgan fingerprint density at radius 2 is 1.08 bits per heavy atom. The molecule has 6 aliphatic heterocycles. The minimum atomic E-state index is -0.905. The van der Waals surface area contributed by atoms with Gasteiger partial charge in [0.05, 0.1) is 73.4 Å². The second-order valence-electron chi connectivity index (χ2n) is 26.4. The molecule has 11 rings (SSSR count). The Morgan fingerprint density at radius 3 is 1.54 bits per heavy atom. The summed E-state index contributed by atoms with van der Waals surface area (Å²) in [5.41, 5.74) is 3.44. The molecular weight excluding hydrogens is 1370 g/mol. The van der Waals surface area contributed by atoms with Crippen molar-refractivity contribution in [1.82, 2.24) is 39.1 Å². The van der Waals surface area contributed by atoms with Crippen molar-refractivity contribution in [3.05, 3.63) is 109 Å². The molecule has 5 N–H and O–H groups in total. The van der Waals surface area contributed by atoms with Crippen molar-refractivity contribution in [2.45, 2.75) is 147 Å². The smallest absolute Gasteiger partial charge is 0.416 e. The lowest BCUT2D eigenvalue weighted by Gasteiger charge is -2.38. The van der Waals surface area contributed by atoms with E-state index in [0.717, 1.165) is 49.9 Å². The largest absolute Gasteiger partial charge is 0.493 e. The molecule has 6 aliphatic rings. The first-order valence-corrected chi connectivity index (χ1v) is 35.9. The number of benzene rings is 2. The van der Waals surface area contributed by atoms with Gasteiger partial charge in [0.1, 0.15) is 18.9 Å². The van der Waals surface area contributed by atoms with E-state index in [4.69, 9.17) is 47.4 Å². The van der Waals surface area contributed by atoms with Gasteiger partial charge in [-0.1, -0.05) is 25.3 Å². The fourth-order valence-electron chi connectivity index (χ4n) is 13.5. The zero-order valence-electron chi connectivity index (χ0n) is 61.2. The van der Waals surface area contributed by atoms with E-state index in [0.29, 0.717) is 101 Å². The third kappa shape index (κ3) is 19.3. The van der Waals surface area contributed by atoms with Gasteiger partial charge < -0.3 is 97.5 Å². The van der Waals surface area contributed by atoms with Crippen LogP contribution in [0.4, 0.5) is 38.2 Å². The molecule has 0 radical (unpaired) electrons. The predicted molar refractivity (Wildman–Crippen MR) is 388 cm³/mol. The van der Waals surface area contributed by atoms with Crippen LogP contribution in [0, 0.1) is 6.92 Å². The SMILES string of the molecule is C=CCOC(=O)N1c2cc(OCCCC(=O)Nc3cc(C(=O)Nc4cn(C)c(C(=O)NCCCNC(C)=O)n4)n(C)c3)c(OC)cc2C(=O)N2CCC[C@H]2[C@@H]1OC1CCCCO1.C=CCOC(=O)N1c2cc(OCCCC(=O)Nc3cc(C)n(C)c3)c(OC)cc2C(=O)N2CCC[C@H]2[C@@H]1OC1CCCCO1. The van der Waals surface area contributed by atoms with Crippen molar-refractivity contribution >= 4 is 82.1 Å². The first-order chi connectivity index (χ1) is 51.2. The minimum Gasteiger partial charge on any atom is -0.493 e. The van der Waals surface area contributed by atoms with Gasteiger partial charge >= 0.3 is 12.2 Å². The van der Waals surface area contributed by atoms with Crippen LogP contribution in [0.2, 0.25) is 0 Å². The van der Waals surface area contributed by atoms with Crippen LogP contribution < -0.4 is 55.3 Å². The lowest BCUT2D eigenvalue weighted by atomic mass is 10.1. The molecule has 0 spiro atoms. The monoisotopic (exact) mass is 1470 g/mol. The van der Waals surface area contributed by atoms with Crippen LogP contribution in [0.3, 0.4) is 0 Å². The number of hydrogen-bond acceptors (Lipinski definition) is 20. The fourth-order valence-corrected chi connectivity index (χ4v) is 13.5. The summed E-state index contributed by atoms with van der Waals surface area (Å²) in [4.78, 5) is 128. The molecule has 572 valence electrons. The molecule has 32 heteroatoms. The summed E-state index contributed by atoms with van der Waals surface area (Å²) in [7, 11) is 8.14. The third-order valence-corrected chi connectivity index (χ3v) is 18.7. The number of nitrogens with zero attached hydrogens (tertiary/aromatic N) is 8. The summed E-state index contributed by atoms with van der Waals surface area (Å²) in [6.07, 6.45) is 13.1. The third-order valence-electron chi connectivity index (χ3n) is 18.7. The number of methoxy groups -OCH3 is 2. The molecule has 9 amide bonds. The van der Waals surface area contributed by atoms with Crippen LogP contribution in [0.5, 0.6) is 23.0 Å². The first kappa shape index (κ1) is 78.2. The fraction of sp³-hybridized carbons (Fsp3) is 0.514. The van der Waals surface area contributed by atoms with Crippen LogP contribution in [-0.4, -0.2) is 199 Å². The molecule has 0 bridgehead atoms.